The second kappa shape index (κ2) is 11.0. The number of hydrogen-bond acceptors (Lipinski definition) is 8. The average Bonchev–Trinajstić information content (AvgIpc) is 3.20. The lowest BCUT2D eigenvalue weighted by Gasteiger charge is -2.12. The van der Waals surface area contributed by atoms with Gasteiger partial charge < -0.3 is 5.32 Å². The third kappa shape index (κ3) is 6.08. The van der Waals surface area contributed by atoms with Crippen molar-refractivity contribution >= 4 is 43.9 Å². The number of anilines is 1. The van der Waals surface area contributed by atoms with Crippen molar-refractivity contribution in [2.24, 2.45) is 0 Å². The summed E-state index contributed by atoms with van der Waals surface area (Å²) in [5.74, 6) is -0.0528. The van der Waals surface area contributed by atoms with Crippen molar-refractivity contribution in [3.05, 3.63) is 63.5 Å². The number of pyridine rings is 1. The maximum atomic E-state index is 13.2. The van der Waals surface area contributed by atoms with E-state index in [0.717, 1.165) is 11.3 Å². The van der Waals surface area contributed by atoms with Crippen LogP contribution in [0.4, 0.5) is 5.69 Å². The third-order valence-corrected chi connectivity index (χ3v) is 8.89. The summed E-state index contributed by atoms with van der Waals surface area (Å²) >= 11 is 1.11. The van der Waals surface area contributed by atoms with E-state index >= 15 is 0 Å². The minimum atomic E-state index is -3.84. The number of carbonyl (C=O) groups excluding carboxylic acids is 1. The van der Waals surface area contributed by atoms with E-state index in [0.29, 0.717) is 63.5 Å². The highest BCUT2D eigenvalue weighted by molar-refractivity contribution is 7.94. The number of sulfonamides is 1. The lowest BCUT2D eigenvalue weighted by molar-refractivity contribution is -0.121. The highest BCUT2D eigenvalue weighted by atomic mass is 32.2. The van der Waals surface area contributed by atoms with Crippen molar-refractivity contribution in [3.8, 4) is 11.1 Å². The van der Waals surface area contributed by atoms with Gasteiger partial charge in [-0.1, -0.05) is 6.07 Å². The Bertz CT molecular complexity index is 1680. The fourth-order valence-electron chi connectivity index (χ4n) is 4.05. The Kier molecular flexibility index (Phi) is 7.93. The van der Waals surface area contributed by atoms with Gasteiger partial charge in [-0.2, -0.15) is 0 Å². The zero-order chi connectivity index (χ0) is 27.6. The Morgan fingerprint density at radius 3 is 2.53 bits per heavy atom. The minimum Gasteiger partial charge on any atom is -0.354 e. The smallest absolute Gasteiger partial charge is 0.273 e. The quantitative estimate of drug-likeness (QED) is 0.320. The van der Waals surface area contributed by atoms with Crippen LogP contribution in [0.3, 0.4) is 0 Å². The summed E-state index contributed by atoms with van der Waals surface area (Å²) in [5.41, 5.74) is 2.98. The first-order chi connectivity index (χ1) is 17.9. The molecule has 0 aliphatic rings. The molecule has 3 aromatic heterocycles. The van der Waals surface area contributed by atoms with Gasteiger partial charge in [0.1, 0.15) is 0 Å². The van der Waals surface area contributed by atoms with E-state index in [4.69, 9.17) is 0 Å². The molecule has 10 nitrogen and oxygen atoms in total. The molecule has 3 heterocycles. The number of aromatic nitrogens is 4. The van der Waals surface area contributed by atoms with E-state index < -0.39 is 10.0 Å². The van der Waals surface area contributed by atoms with Gasteiger partial charge >= 0.3 is 0 Å². The van der Waals surface area contributed by atoms with Crippen molar-refractivity contribution in [2.75, 3.05) is 4.72 Å². The van der Waals surface area contributed by atoms with Crippen LogP contribution < -0.4 is 15.6 Å². The number of carbonyl (C=O) groups is 1. The molecule has 0 aliphatic heterocycles. The van der Waals surface area contributed by atoms with Gasteiger partial charge in [0, 0.05) is 30.8 Å². The van der Waals surface area contributed by atoms with Crippen molar-refractivity contribution in [2.45, 2.75) is 64.3 Å². The first-order valence-electron chi connectivity index (χ1n) is 12.2. The zero-order valence-corrected chi connectivity index (χ0v) is 23.5. The molecule has 1 amide bonds. The molecule has 0 bridgehead atoms. The van der Waals surface area contributed by atoms with E-state index in [-0.39, 0.29) is 21.7 Å². The summed E-state index contributed by atoms with van der Waals surface area (Å²) in [6.45, 7) is 9.31. The van der Waals surface area contributed by atoms with Crippen molar-refractivity contribution in [1.82, 2.24) is 24.8 Å². The fraction of sp³-hybridized carbons (Fsp3) is 0.346. The molecule has 12 heteroatoms. The lowest BCUT2D eigenvalue weighted by Crippen LogP contribution is -2.30. The van der Waals surface area contributed by atoms with Crippen molar-refractivity contribution in [3.63, 3.8) is 0 Å². The average molecular weight is 555 g/mol. The van der Waals surface area contributed by atoms with E-state index in [2.05, 4.69) is 25.0 Å². The predicted octanol–water partition coefficient (Wildman–Crippen LogP) is 3.95. The molecule has 4 aromatic rings. The van der Waals surface area contributed by atoms with Gasteiger partial charge in [0.2, 0.25) is 5.91 Å². The topological polar surface area (TPSA) is 136 Å². The molecule has 0 saturated heterocycles. The summed E-state index contributed by atoms with van der Waals surface area (Å²) in [7, 11) is -3.84. The number of aryl methyl sites for hydroxylation is 4. The van der Waals surface area contributed by atoms with Crippen LogP contribution in [0.1, 0.15) is 43.1 Å². The Labute approximate surface area is 225 Å². The molecule has 2 N–H and O–H groups in total. The van der Waals surface area contributed by atoms with Crippen LogP contribution in [0.2, 0.25) is 0 Å². The number of amides is 1. The van der Waals surface area contributed by atoms with E-state index in [1.807, 2.05) is 19.9 Å². The number of rotatable bonds is 9. The Morgan fingerprint density at radius 1 is 1.08 bits per heavy atom. The predicted molar refractivity (Wildman–Crippen MR) is 149 cm³/mol. The second-order valence-electron chi connectivity index (χ2n) is 9.37. The maximum absolute atomic E-state index is 13.2. The van der Waals surface area contributed by atoms with E-state index in [9.17, 15) is 18.0 Å². The van der Waals surface area contributed by atoms with Crippen LogP contribution in [0.15, 0.2) is 45.8 Å². The summed E-state index contributed by atoms with van der Waals surface area (Å²) < 4.78 is 30.4. The lowest BCUT2D eigenvalue weighted by atomic mass is 10.0. The molecule has 0 atom stereocenters. The first kappa shape index (κ1) is 27.4. The first-order valence-corrected chi connectivity index (χ1v) is 14.5. The van der Waals surface area contributed by atoms with Crippen molar-refractivity contribution in [1.29, 1.82) is 0 Å². The van der Waals surface area contributed by atoms with Crippen LogP contribution in [-0.4, -0.2) is 39.9 Å². The van der Waals surface area contributed by atoms with Gasteiger partial charge in [0.15, 0.2) is 4.21 Å². The Morgan fingerprint density at radius 2 is 1.84 bits per heavy atom. The highest BCUT2D eigenvalue weighted by Crippen LogP contribution is 2.29. The number of fused-ring (bicyclic) bond motifs is 1. The zero-order valence-electron chi connectivity index (χ0n) is 21.9. The van der Waals surface area contributed by atoms with Gasteiger partial charge in [-0.25, -0.2) is 18.4 Å². The molecule has 38 heavy (non-hydrogen) atoms. The van der Waals surface area contributed by atoms with Gasteiger partial charge in [-0.15, -0.1) is 11.3 Å². The van der Waals surface area contributed by atoms with Crippen LogP contribution in [-0.2, 0) is 21.4 Å². The molecule has 0 radical (unpaired) electrons. The Balaban J connectivity index is 1.61. The summed E-state index contributed by atoms with van der Waals surface area (Å²) in [5, 5.41) is 3.93. The molecule has 0 fully saturated rings. The van der Waals surface area contributed by atoms with Gasteiger partial charge in [0.05, 0.1) is 39.3 Å². The molecular weight excluding hydrogens is 524 g/mol. The minimum absolute atomic E-state index is 0.0528. The van der Waals surface area contributed by atoms with Crippen LogP contribution in [0, 0.1) is 20.8 Å². The molecule has 0 aliphatic carbocycles. The number of nitrogens with zero attached hydrogens (tertiary/aromatic N) is 4. The summed E-state index contributed by atoms with van der Waals surface area (Å²) in [6, 6.07) is 7.07. The molecule has 0 unspecified atom stereocenters. The van der Waals surface area contributed by atoms with Crippen LogP contribution >= 0.6 is 11.3 Å². The second-order valence-corrected chi connectivity index (χ2v) is 12.4. The SMILES string of the molecule is Cc1nc(C)c(S(=O)(=O)Nc2cc(-c3ccc4ncn(CCCC(=O)NC(C)C)c(=O)c4c3)cnc2C)s1. The fourth-order valence-corrected chi connectivity index (χ4v) is 6.64. The largest absolute Gasteiger partial charge is 0.354 e. The molecule has 4 rings (SSSR count). The molecule has 200 valence electrons. The number of hydrogen-bond donors (Lipinski definition) is 2. The van der Waals surface area contributed by atoms with E-state index in [1.54, 1.807) is 45.2 Å². The molecule has 0 spiro atoms. The number of nitrogens with one attached hydrogen (secondary N) is 2. The summed E-state index contributed by atoms with van der Waals surface area (Å²) in [6.07, 6.45) is 3.96. The number of thiazole rings is 1. The summed E-state index contributed by atoms with van der Waals surface area (Å²) in [4.78, 5) is 38.1. The molecule has 0 saturated carbocycles. The third-order valence-electron chi connectivity index (χ3n) is 5.85. The maximum Gasteiger partial charge on any atom is 0.273 e. The van der Waals surface area contributed by atoms with Gasteiger partial charge in [-0.05, 0) is 64.8 Å². The van der Waals surface area contributed by atoms with Crippen molar-refractivity contribution < 1.29 is 13.2 Å². The van der Waals surface area contributed by atoms with Crippen LogP contribution in [0.25, 0.3) is 22.0 Å². The molecular formula is C26H30N6O4S2. The van der Waals surface area contributed by atoms with Crippen LogP contribution in [0.5, 0.6) is 0 Å². The number of benzene rings is 1. The normalized spacial score (nSPS) is 11.7. The molecule has 1 aromatic carbocycles. The van der Waals surface area contributed by atoms with Gasteiger partial charge in [0.25, 0.3) is 15.6 Å². The monoisotopic (exact) mass is 554 g/mol. The standard InChI is InChI=1S/C26H30N6O4S2/c1-15(2)29-24(33)7-6-10-32-14-28-22-9-8-19(11-21(22)25(32)34)20-12-23(16(3)27-13-20)31-38(35,36)26-17(4)30-18(5)37-26/h8-9,11-15,31H,6-7,10H2,1-5H3,(H,29,33). The highest BCUT2D eigenvalue weighted by Gasteiger charge is 2.22. The van der Waals surface area contributed by atoms with Gasteiger partial charge in [-0.3, -0.25) is 23.9 Å². The Hall–Kier alpha value is -3.64. The van der Waals surface area contributed by atoms with E-state index in [1.165, 1.54) is 10.9 Å².